The Morgan fingerprint density at radius 3 is 2.67 bits per heavy atom. The van der Waals surface area contributed by atoms with Crippen molar-refractivity contribution in [3.63, 3.8) is 0 Å². The summed E-state index contributed by atoms with van der Waals surface area (Å²) >= 11 is 0. The van der Waals surface area contributed by atoms with E-state index in [2.05, 4.69) is 53.6 Å². The monoisotopic (exact) mass is 327 g/mol. The number of rotatable bonds is 7. The van der Waals surface area contributed by atoms with E-state index in [1.165, 1.54) is 11.3 Å². The van der Waals surface area contributed by atoms with Crippen molar-refractivity contribution in [2.75, 3.05) is 37.0 Å². The molecule has 0 heterocycles. The molecule has 0 aliphatic carbocycles. The molecule has 0 saturated heterocycles. The second-order valence-electron chi connectivity index (χ2n) is 5.53. The van der Waals surface area contributed by atoms with Crippen LogP contribution in [0, 0.1) is 6.92 Å². The van der Waals surface area contributed by atoms with Gasteiger partial charge in [-0.25, -0.2) is 4.79 Å². The molecule has 24 heavy (non-hydrogen) atoms. The van der Waals surface area contributed by atoms with Crippen LogP contribution in [0.5, 0.6) is 5.75 Å². The van der Waals surface area contributed by atoms with Gasteiger partial charge in [-0.05, 0) is 43.7 Å². The van der Waals surface area contributed by atoms with Crippen LogP contribution in [0.15, 0.2) is 48.5 Å². The Morgan fingerprint density at radius 2 is 1.96 bits per heavy atom. The van der Waals surface area contributed by atoms with E-state index in [1.807, 2.05) is 18.2 Å². The van der Waals surface area contributed by atoms with Crippen LogP contribution in [0.3, 0.4) is 0 Å². The van der Waals surface area contributed by atoms with Crippen molar-refractivity contribution < 1.29 is 9.53 Å². The Labute approximate surface area is 143 Å². The van der Waals surface area contributed by atoms with Gasteiger partial charge in [0.25, 0.3) is 0 Å². The normalized spacial score (nSPS) is 10.1. The number of carbonyl (C=O) groups excluding carboxylic acids is 1. The van der Waals surface area contributed by atoms with Crippen LogP contribution in [0.1, 0.15) is 12.5 Å². The predicted octanol–water partition coefficient (Wildman–Crippen LogP) is 3.65. The van der Waals surface area contributed by atoms with E-state index in [0.717, 1.165) is 13.1 Å². The number of benzene rings is 2. The van der Waals surface area contributed by atoms with Gasteiger partial charge in [0.1, 0.15) is 5.75 Å². The van der Waals surface area contributed by atoms with E-state index in [-0.39, 0.29) is 6.03 Å². The van der Waals surface area contributed by atoms with Gasteiger partial charge in [-0.15, -0.1) is 0 Å². The van der Waals surface area contributed by atoms with Gasteiger partial charge in [-0.3, -0.25) is 0 Å². The maximum atomic E-state index is 12.0. The predicted molar refractivity (Wildman–Crippen MR) is 99.1 cm³/mol. The van der Waals surface area contributed by atoms with Crippen molar-refractivity contribution in [1.82, 2.24) is 5.32 Å². The van der Waals surface area contributed by atoms with Gasteiger partial charge in [0.15, 0.2) is 0 Å². The highest BCUT2D eigenvalue weighted by molar-refractivity contribution is 5.89. The van der Waals surface area contributed by atoms with Crippen molar-refractivity contribution in [3.05, 3.63) is 54.1 Å². The maximum Gasteiger partial charge on any atom is 0.319 e. The van der Waals surface area contributed by atoms with Gasteiger partial charge >= 0.3 is 6.03 Å². The number of nitrogens with one attached hydrogen (secondary N) is 2. The number of urea groups is 1. The number of nitrogens with zero attached hydrogens (tertiary/aromatic N) is 1. The Kier molecular flexibility index (Phi) is 6.49. The molecule has 0 atom stereocenters. The fraction of sp³-hybridized carbons (Fsp3) is 0.316. The van der Waals surface area contributed by atoms with Crippen molar-refractivity contribution in [2.45, 2.75) is 13.8 Å². The summed E-state index contributed by atoms with van der Waals surface area (Å²) in [4.78, 5) is 14.2. The van der Waals surface area contributed by atoms with E-state index < -0.39 is 0 Å². The molecular weight excluding hydrogens is 302 g/mol. The fourth-order valence-corrected chi connectivity index (χ4v) is 2.47. The molecule has 2 N–H and O–H groups in total. The molecular formula is C19H25N3O2. The molecule has 0 aliphatic rings. The zero-order valence-electron chi connectivity index (χ0n) is 14.5. The summed E-state index contributed by atoms with van der Waals surface area (Å²) in [5, 5.41) is 5.69. The SMILES string of the molecule is CCN(CCNC(=O)Nc1cccc(OC)c1)c1cccc(C)c1. The van der Waals surface area contributed by atoms with E-state index in [4.69, 9.17) is 4.74 Å². The number of carbonyl (C=O) groups is 1. The summed E-state index contributed by atoms with van der Waals surface area (Å²) < 4.78 is 5.14. The molecule has 0 radical (unpaired) electrons. The van der Waals surface area contributed by atoms with Crippen LogP contribution < -0.4 is 20.3 Å². The lowest BCUT2D eigenvalue weighted by molar-refractivity contribution is 0.252. The second-order valence-corrected chi connectivity index (χ2v) is 5.53. The van der Waals surface area contributed by atoms with Gasteiger partial charge in [0, 0.05) is 37.1 Å². The molecule has 2 aromatic rings. The first-order valence-electron chi connectivity index (χ1n) is 8.13. The Balaban J connectivity index is 1.82. The molecule has 128 valence electrons. The molecule has 2 amide bonds. The maximum absolute atomic E-state index is 12.0. The van der Waals surface area contributed by atoms with E-state index >= 15 is 0 Å². The zero-order chi connectivity index (χ0) is 17.4. The standard InChI is InChI=1S/C19H25N3O2/c1-4-22(17-9-5-7-15(2)13-17)12-11-20-19(23)21-16-8-6-10-18(14-16)24-3/h5-10,13-14H,4,11-12H2,1-3H3,(H2,20,21,23). The molecule has 0 bridgehead atoms. The molecule has 2 aromatic carbocycles. The van der Waals surface area contributed by atoms with Crippen LogP contribution in [0.2, 0.25) is 0 Å². The van der Waals surface area contributed by atoms with Gasteiger partial charge < -0.3 is 20.3 Å². The van der Waals surface area contributed by atoms with E-state index in [1.54, 1.807) is 13.2 Å². The summed E-state index contributed by atoms with van der Waals surface area (Å²) in [6.07, 6.45) is 0. The average Bonchev–Trinajstić information content (AvgIpc) is 2.59. The van der Waals surface area contributed by atoms with Crippen molar-refractivity contribution in [1.29, 1.82) is 0 Å². The summed E-state index contributed by atoms with van der Waals surface area (Å²) in [6, 6.07) is 15.4. The molecule has 0 unspecified atom stereocenters. The number of amides is 2. The highest BCUT2D eigenvalue weighted by Gasteiger charge is 2.06. The number of hydrogen-bond donors (Lipinski definition) is 2. The minimum absolute atomic E-state index is 0.219. The number of ether oxygens (including phenoxy) is 1. The summed E-state index contributed by atoms with van der Waals surface area (Å²) in [5.74, 6) is 0.712. The van der Waals surface area contributed by atoms with Gasteiger partial charge in [0.05, 0.1) is 7.11 Å². The molecule has 5 nitrogen and oxygen atoms in total. The average molecular weight is 327 g/mol. The van der Waals surface area contributed by atoms with Crippen molar-refractivity contribution in [2.24, 2.45) is 0 Å². The van der Waals surface area contributed by atoms with Crippen molar-refractivity contribution in [3.8, 4) is 5.75 Å². The lowest BCUT2D eigenvalue weighted by atomic mass is 10.2. The third-order valence-corrected chi connectivity index (χ3v) is 3.74. The highest BCUT2D eigenvalue weighted by Crippen LogP contribution is 2.17. The second kappa shape index (κ2) is 8.82. The van der Waals surface area contributed by atoms with Crippen LogP contribution in [-0.4, -0.2) is 32.8 Å². The third-order valence-electron chi connectivity index (χ3n) is 3.74. The zero-order valence-corrected chi connectivity index (χ0v) is 14.5. The smallest absolute Gasteiger partial charge is 0.319 e. The van der Waals surface area contributed by atoms with Crippen LogP contribution in [0.4, 0.5) is 16.2 Å². The first-order valence-corrected chi connectivity index (χ1v) is 8.13. The van der Waals surface area contributed by atoms with E-state index in [9.17, 15) is 4.79 Å². The number of anilines is 2. The van der Waals surface area contributed by atoms with Crippen LogP contribution >= 0.6 is 0 Å². The van der Waals surface area contributed by atoms with Crippen LogP contribution in [0.25, 0.3) is 0 Å². The lowest BCUT2D eigenvalue weighted by Gasteiger charge is -2.23. The number of hydrogen-bond acceptors (Lipinski definition) is 3. The molecule has 5 heteroatoms. The molecule has 0 aromatic heterocycles. The fourth-order valence-electron chi connectivity index (χ4n) is 2.47. The first-order chi connectivity index (χ1) is 11.6. The first kappa shape index (κ1) is 17.7. The minimum atomic E-state index is -0.219. The molecule has 0 fully saturated rings. The Morgan fingerprint density at radius 1 is 1.17 bits per heavy atom. The Hall–Kier alpha value is -2.69. The Bertz CT molecular complexity index is 673. The molecule has 0 spiro atoms. The quantitative estimate of drug-likeness (QED) is 0.816. The van der Waals surface area contributed by atoms with Crippen LogP contribution in [-0.2, 0) is 0 Å². The van der Waals surface area contributed by atoms with E-state index in [0.29, 0.717) is 18.0 Å². The summed E-state index contributed by atoms with van der Waals surface area (Å²) in [6.45, 7) is 6.40. The summed E-state index contributed by atoms with van der Waals surface area (Å²) in [7, 11) is 1.60. The molecule has 0 saturated carbocycles. The topological polar surface area (TPSA) is 53.6 Å². The molecule has 0 aliphatic heterocycles. The van der Waals surface area contributed by atoms with Gasteiger partial charge in [0.2, 0.25) is 0 Å². The number of aryl methyl sites for hydroxylation is 1. The summed E-state index contributed by atoms with van der Waals surface area (Å²) in [5.41, 5.74) is 3.11. The molecule has 2 rings (SSSR count). The highest BCUT2D eigenvalue weighted by atomic mass is 16.5. The lowest BCUT2D eigenvalue weighted by Crippen LogP contribution is -2.37. The van der Waals surface area contributed by atoms with Crippen molar-refractivity contribution >= 4 is 17.4 Å². The number of likely N-dealkylation sites (N-methyl/N-ethyl adjacent to an activating group) is 1. The minimum Gasteiger partial charge on any atom is -0.497 e. The van der Waals surface area contributed by atoms with Gasteiger partial charge in [-0.2, -0.15) is 0 Å². The largest absolute Gasteiger partial charge is 0.497 e. The number of methoxy groups -OCH3 is 1. The van der Waals surface area contributed by atoms with Gasteiger partial charge in [-0.1, -0.05) is 18.2 Å². The third kappa shape index (κ3) is 5.19.